The molecular formula is C15H16N2O. The minimum atomic E-state index is 0.0967. The maximum absolute atomic E-state index is 5.23. The first-order chi connectivity index (χ1) is 8.81. The summed E-state index contributed by atoms with van der Waals surface area (Å²) in [4.78, 5) is 4.83. The van der Waals surface area contributed by atoms with Gasteiger partial charge in [0.15, 0.2) is 6.73 Å². The van der Waals surface area contributed by atoms with Crippen molar-refractivity contribution in [3.63, 3.8) is 0 Å². The van der Waals surface area contributed by atoms with Crippen LogP contribution in [-0.4, -0.2) is 12.4 Å². The zero-order valence-corrected chi connectivity index (χ0v) is 10.3. The average molecular weight is 240 g/mol. The Morgan fingerprint density at radius 3 is 2.22 bits per heavy atom. The molecule has 0 aliphatic heterocycles. The molecule has 0 radical (unpaired) electrons. The van der Waals surface area contributed by atoms with Gasteiger partial charge >= 0.3 is 0 Å². The number of hydrogen-bond donors (Lipinski definition) is 1. The van der Waals surface area contributed by atoms with E-state index in [-0.39, 0.29) is 6.73 Å². The second-order valence-electron chi connectivity index (χ2n) is 3.92. The molecule has 0 saturated carbocycles. The van der Waals surface area contributed by atoms with Crippen molar-refractivity contribution in [2.45, 2.75) is 6.92 Å². The summed E-state index contributed by atoms with van der Waals surface area (Å²) in [6.07, 6.45) is 0. The minimum Gasteiger partial charge on any atom is -0.380 e. The van der Waals surface area contributed by atoms with E-state index < -0.39 is 0 Å². The number of hydrogen-bond acceptors (Lipinski definition) is 3. The van der Waals surface area contributed by atoms with Crippen LogP contribution in [0.3, 0.4) is 0 Å². The highest BCUT2D eigenvalue weighted by Crippen LogP contribution is 2.19. The third-order valence-corrected chi connectivity index (χ3v) is 2.69. The van der Waals surface area contributed by atoms with Crippen molar-refractivity contribution in [3.8, 4) is 11.1 Å². The Hall–Kier alpha value is -2.13. The standard InChI is InChI=1S/C15H16N2O/c1-12(17-18-11-16)13-7-9-15(10-8-13)14-5-3-2-4-6-14/h2-10H,11,16H2,1H3/b17-12+. The third-order valence-electron chi connectivity index (χ3n) is 2.69. The molecule has 0 aliphatic carbocycles. The zero-order chi connectivity index (χ0) is 12.8. The molecular weight excluding hydrogens is 224 g/mol. The van der Waals surface area contributed by atoms with E-state index in [2.05, 4.69) is 29.4 Å². The average Bonchev–Trinajstić information content (AvgIpc) is 2.46. The van der Waals surface area contributed by atoms with Gasteiger partial charge < -0.3 is 4.84 Å². The summed E-state index contributed by atoms with van der Waals surface area (Å²) in [6, 6.07) is 18.5. The number of benzene rings is 2. The van der Waals surface area contributed by atoms with Crippen molar-refractivity contribution in [2.75, 3.05) is 6.73 Å². The van der Waals surface area contributed by atoms with Crippen molar-refractivity contribution < 1.29 is 4.84 Å². The Morgan fingerprint density at radius 2 is 1.61 bits per heavy atom. The third kappa shape index (κ3) is 2.96. The molecule has 0 fully saturated rings. The van der Waals surface area contributed by atoms with Gasteiger partial charge in [0, 0.05) is 0 Å². The second kappa shape index (κ2) is 5.98. The van der Waals surface area contributed by atoms with Gasteiger partial charge in [0.25, 0.3) is 0 Å². The van der Waals surface area contributed by atoms with Crippen LogP contribution in [0.25, 0.3) is 11.1 Å². The molecule has 0 unspecified atom stereocenters. The first-order valence-electron chi connectivity index (χ1n) is 5.84. The molecule has 3 heteroatoms. The van der Waals surface area contributed by atoms with Crippen LogP contribution in [-0.2, 0) is 4.84 Å². The predicted octanol–water partition coefficient (Wildman–Crippen LogP) is 3.01. The van der Waals surface area contributed by atoms with Gasteiger partial charge in [-0.2, -0.15) is 0 Å². The molecule has 2 N–H and O–H groups in total. The largest absolute Gasteiger partial charge is 0.380 e. The van der Waals surface area contributed by atoms with Crippen LogP contribution in [0.4, 0.5) is 0 Å². The lowest BCUT2D eigenvalue weighted by molar-refractivity contribution is 0.152. The molecule has 2 rings (SSSR count). The van der Waals surface area contributed by atoms with Crippen LogP contribution in [0.5, 0.6) is 0 Å². The van der Waals surface area contributed by atoms with Crippen molar-refractivity contribution >= 4 is 5.71 Å². The van der Waals surface area contributed by atoms with Gasteiger partial charge in [0.05, 0.1) is 5.71 Å². The van der Waals surface area contributed by atoms with Gasteiger partial charge in [0.2, 0.25) is 0 Å². The number of rotatable bonds is 4. The molecule has 3 nitrogen and oxygen atoms in total. The quantitative estimate of drug-likeness (QED) is 0.507. The summed E-state index contributed by atoms with van der Waals surface area (Å²) in [5.74, 6) is 0. The van der Waals surface area contributed by atoms with Gasteiger partial charge in [-0.15, -0.1) is 0 Å². The maximum atomic E-state index is 5.23. The summed E-state index contributed by atoms with van der Waals surface area (Å²) < 4.78 is 0. The zero-order valence-electron chi connectivity index (χ0n) is 10.3. The molecule has 0 aliphatic rings. The van der Waals surface area contributed by atoms with Crippen molar-refractivity contribution in [1.82, 2.24) is 0 Å². The van der Waals surface area contributed by atoms with E-state index in [9.17, 15) is 0 Å². The lowest BCUT2D eigenvalue weighted by Gasteiger charge is -2.04. The van der Waals surface area contributed by atoms with Crippen molar-refractivity contribution in [3.05, 3.63) is 60.2 Å². The summed E-state index contributed by atoms with van der Waals surface area (Å²) in [6.45, 7) is 1.99. The molecule has 0 aromatic heterocycles. The number of oxime groups is 1. The van der Waals surface area contributed by atoms with E-state index in [0.29, 0.717) is 0 Å². The Bertz CT molecular complexity index is 518. The molecule has 92 valence electrons. The van der Waals surface area contributed by atoms with Gasteiger partial charge in [-0.3, -0.25) is 5.73 Å². The van der Waals surface area contributed by atoms with Crippen molar-refractivity contribution in [2.24, 2.45) is 10.9 Å². The Balaban J connectivity index is 2.20. The summed E-state index contributed by atoms with van der Waals surface area (Å²) in [5.41, 5.74) is 9.47. The fraction of sp³-hybridized carbons (Fsp3) is 0.133. The Morgan fingerprint density at radius 1 is 1.00 bits per heavy atom. The summed E-state index contributed by atoms with van der Waals surface area (Å²) >= 11 is 0. The number of nitrogens with zero attached hydrogens (tertiary/aromatic N) is 1. The molecule has 0 atom stereocenters. The first-order valence-corrected chi connectivity index (χ1v) is 5.84. The summed E-state index contributed by atoms with van der Waals surface area (Å²) in [5, 5.41) is 3.91. The van der Waals surface area contributed by atoms with Crippen LogP contribution < -0.4 is 5.73 Å². The fourth-order valence-electron chi connectivity index (χ4n) is 1.72. The fourth-order valence-corrected chi connectivity index (χ4v) is 1.72. The van der Waals surface area contributed by atoms with E-state index in [1.54, 1.807) is 0 Å². The SMILES string of the molecule is C/C(=N\OCN)c1ccc(-c2ccccc2)cc1. The van der Waals surface area contributed by atoms with Crippen molar-refractivity contribution in [1.29, 1.82) is 0 Å². The Labute approximate surface area is 107 Å². The molecule has 2 aromatic carbocycles. The van der Waals surface area contributed by atoms with Crippen LogP contribution in [0, 0.1) is 0 Å². The highest BCUT2D eigenvalue weighted by atomic mass is 16.6. The highest BCUT2D eigenvalue weighted by molar-refractivity contribution is 5.98. The minimum absolute atomic E-state index is 0.0967. The lowest BCUT2D eigenvalue weighted by Crippen LogP contribution is -2.03. The van der Waals surface area contributed by atoms with Crippen LogP contribution in [0.2, 0.25) is 0 Å². The van der Waals surface area contributed by atoms with Gasteiger partial charge in [0.1, 0.15) is 0 Å². The molecule has 0 amide bonds. The van der Waals surface area contributed by atoms with E-state index in [0.717, 1.165) is 11.3 Å². The van der Waals surface area contributed by atoms with E-state index in [1.165, 1.54) is 11.1 Å². The summed E-state index contributed by atoms with van der Waals surface area (Å²) in [7, 11) is 0. The van der Waals surface area contributed by atoms with Crippen LogP contribution >= 0.6 is 0 Å². The van der Waals surface area contributed by atoms with Gasteiger partial charge in [-0.05, 0) is 23.6 Å². The normalized spacial score (nSPS) is 11.3. The smallest absolute Gasteiger partial charge is 0.165 e. The highest BCUT2D eigenvalue weighted by Gasteiger charge is 2.00. The van der Waals surface area contributed by atoms with Crippen LogP contribution in [0.15, 0.2) is 59.8 Å². The molecule has 0 bridgehead atoms. The van der Waals surface area contributed by atoms with Gasteiger partial charge in [-0.1, -0.05) is 59.8 Å². The van der Waals surface area contributed by atoms with E-state index in [4.69, 9.17) is 10.6 Å². The maximum Gasteiger partial charge on any atom is 0.165 e. The molecule has 0 heterocycles. The topological polar surface area (TPSA) is 47.6 Å². The molecule has 0 spiro atoms. The lowest BCUT2D eigenvalue weighted by atomic mass is 10.0. The predicted molar refractivity (Wildman–Crippen MR) is 74.2 cm³/mol. The van der Waals surface area contributed by atoms with E-state index >= 15 is 0 Å². The second-order valence-corrected chi connectivity index (χ2v) is 3.92. The Kier molecular flexibility index (Phi) is 4.10. The molecule has 18 heavy (non-hydrogen) atoms. The molecule has 0 saturated heterocycles. The van der Waals surface area contributed by atoms with E-state index in [1.807, 2.05) is 37.3 Å². The van der Waals surface area contributed by atoms with Gasteiger partial charge in [-0.25, -0.2) is 0 Å². The monoisotopic (exact) mass is 240 g/mol. The number of nitrogens with two attached hydrogens (primary N) is 1. The first kappa shape index (κ1) is 12.3. The van der Waals surface area contributed by atoms with Crippen LogP contribution in [0.1, 0.15) is 12.5 Å². The molecule has 2 aromatic rings.